The molecule has 6 nitrogen and oxygen atoms in total. The second-order valence-electron chi connectivity index (χ2n) is 8.34. The lowest BCUT2D eigenvalue weighted by Gasteiger charge is -2.44. The molecule has 0 unspecified atom stereocenters. The van der Waals surface area contributed by atoms with Crippen molar-refractivity contribution in [1.82, 2.24) is 19.4 Å². The molecule has 3 heterocycles. The summed E-state index contributed by atoms with van der Waals surface area (Å²) in [7, 11) is 0. The van der Waals surface area contributed by atoms with Gasteiger partial charge in [-0.15, -0.1) is 0 Å². The highest BCUT2D eigenvalue weighted by Gasteiger charge is 2.50. The summed E-state index contributed by atoms with van der Waals surface area (Å²) in [5.74, 6) is 1.28. The number of nitrogens with zero attached hydrogens (tertiary/aromatic N) is 4. The van der Waals surface area contributed by atoms with Gasteiger partial charge in [0.1, 0.15) is 12.4 Å². The lowest BCUT2D eigenvalue weighted by molar-refractivity contribution is -0.149. The van der Waals surface area contributed by atoms with E-state index in [1.807, 2.05) is 22.6 Å². The monoisotopic (exact) mass is 358 g/mol. The summed E-state index contributed by atoms with van der Waals surface area (Å²) < 4.78 is 1.88. The van der Waals surface area contributed by atoms with Crippen molar-refractivity contribution < 1.29 is 9.59 Å². The van der Waals surface area contributed by atoms with E-state index in [4.69, 9.17) is 0 Å². The van der Waals surface area contributed by atoms with Crippen LogP contribution >= 0.6 is 0 Å². The summed E-state index contributed by atoms with van der Waals surface area (Å²) >= 11 is 0. The third-order valence-corrected chi connectivity index (χ3v) is 6.72. The molecule has 4 rings (SSSR count). The number of carbonyl (C=O) groups excluding carboxylic acids is 2. The van der Waals surface area contributed by atoms with E-state index in [1.54, 1.807) is 6.20 Å². The van der Waals surface area contributed by atoms with Gasteiger partial charge in [0.25, 0.3) is 0 Å². The standard InChI is InChI=1S/C20H30N4O2/c1-16-21-10-13-22(16)14-18(25)23-12-9-20(15-23)8-5-11-24(19(20)26)17-6-3-2-4-7-17/h10,13,17H,2-9,11-12,14-15H2,1H3/t20-/m1/s1. The number of hydrogen-bond donors (Lipinski definition) is 0. The molecule has 2 saturated heterocycles. The van der Waals surface area contributed by atoms with Crippen LogP contribution in [0.4, 0.5) is 0 Å². The third-order valence-electron chi connectivity index (χ3n) is 6.72. The lowest BCUT2D eigenvalue weighted by Crippen LogP contribution is -2.54. The molecule has 26 heavy (non-hydrogen) atoms. The summed E-state index contributed by atoms with van der Waals surface area (Å²) in [5, 5.41) is 0. The Morgan fingerprint density at radius 3 is 2.73 bits per heavy atom. The van der Waals surface area contributed by atoms with Gasteiger partial charge in [0.15, 0.2) is 0 Å². The summed E-state index contributed by atoms with van der Waals surface area (Å²) in [6.45, 7) is 4.44. The molecule has 2 amide bonds. The van der Waals surface area contributed by atoms with Crippen molar-refractivity contribution >= 4 is 11.8 Å². The first-order valence-electron chi connectivity index (χ1n) is 10.2. The van der Waals surface area contributed by atoms with Crippen LogP contribution in [0, 0.1) is 12.3 Å². The zero-order valence-electron chi connectivity index (χ0n) is 15.8. The fraction of sp³-hybridized carbons (Fsp3) is 0.750. The molecule has 1 aromatic heterocycles. The molecule has 3 fully saturated rings. The number of amides is 2. The molecule has 0 N–H and O–H groups in total. The first kappa shape index (κ1) is 17.6. The van der Waals surface area contributed by atoms with Gasteiger partial charge >= 0.3 is 0 Å². The molecule has 6 heteroatoms. The van der Waals surface area contributed by atoms with Crippen LogP contribution in [0.15, 0.2) is 12.4 Å². The van der Waals surface area contributed by atoms with Crippen molar-refractivity contribution in [3.63, 3.8) is 0 Å². The van der Waals surface area contributed by atoms with Gasteiger partial charge in [-0.3, -0.25) is 9.59 Å². The minimum absolute atomic E-state index is 0.102. The van der Waals surface area contributed by atoms with Crippen molar-refractivity contribution in [1.29, 1.82) is 0 Å². The Bertz CT molecular complexity index is 679. The summed E-state index contributed by atoms with van der Waals surface area (Å²) in [6, 6.07) is 0.437. The number of imidazole rings is 1. The zero-order valence-corrected chi connectivity index (χ0v) is 15.8. The largest absolute Gasteiger partial charge is 0.340 e. The molecule has 1 atom stereocenters. The maximum absolute atomic E-state index is 13.4. The fourth-order valence-electron chi connectivity index (χ4n) is 5.12. The molecule has 0 bridgehead atoms. The fourth-order valence-corrected chi connectivity index (χ4v) is 5.12. The molecule has 1 aliphatic carbocycles. The van der Waals surface area contributed by atoms with Crippen LogP contribution in [-0.4, -0.2) is 56.8 Å². The van der Waals surface area contributed by atoms with E-state index in [9.17, 15) is 9.59 Å². The Balaban J connectivity index is 1.43. The Kier molecular flexibility index (Phi) is 4.76. The van der Waals surface area contributed by atoms with Crippen LogP contribution < -0.4 is 0 Å². The molecular weight excluding hydrogens is 328 g/mol. The summed E-state index contributed by atoms with van der Waals surface area (Å²) in [5.41, 5.74) is -0.324. The van der Waals surface area contributed by atoms with E-state index in [0.717, 1.165) is 44.5 Å². The zero-order chi connectivity index (χ0) is 18.1. The van der Waals surface area contributed by atoms with Crippen LogP contribution in [0.25, 0.3) is 0 Å². The van der Waals surface area contributed by atoms with Crippen molar-refractivity contribution in [2.75, 3.05) is 19.6 Å². The molecule has 3 aliphatic rings. The smallest absolute Gasteiger partial charge is 0.242 e. The molecule has 1 saturated carbocycles. The number of piperidine rings is 1. The van der Waals surface area contributed by atoms with Crippen LogP contribution in [0.3, 0.4) is 0 Å². The average molecular weight is 358 g/mol. The normalized spacial score (nSPS) is 27.5. The van der Waals surface area contributed by atoms with E-state index in [0.29, 0.717) is 31.6 Å². The minimum atomic E-state index is -0.324. The second-order valence-corrected chi connectivity index (χ2v) is 8.34. The van der Waals surface area contributed by atoms with Gasteiger partial charge in [-0.2, -0.15) is 0 Å². The number of carbonyl (C=O) groups is 2. The highest BCUT2D eigenvalue weighted by Crippen LogP contribution is 2.42. The van der Waals surface area contributed by atoms with Crippen molar-refractivity contribution in [3.05, 3.63) is 18.2 Å². The molecule has 142 valence electrons. The number of hydrogen-bond acceptors (Lipinski definition) is 3. The van der Waals surface area contributed by atoms with Crippen LogP contribution in [-0.2, 0) is 16.1 Å². The van der Waals surface area contributed by atoms with Crippen LogP contribution in [0.1, 0.15) is 57.2 Å². The molecule has 0 aromatic carbocycles. The van der Waals surface area contributed by atoms with Gasteiger partial charge in [0, 0.05) is 38.1 Å². The molecule has 2 aliphatic heterocycles. The second kappa shape index (κ2) is 7.05. The predicted molar refractivity (Wildman–Crippen MR) is 98.4 cm³/mol. The minimum Gasteiger partial charge on any atom is -0.340 e. The van der Waals surface area contributed by atoms with E-state index in [1.165, 1.54) is 19.3 Å². The third kappa shape index (κ3) is 3.14. The Labute approximate surface area is 155 Å². The molecular formula is C20H30N4O2. The number of likely N-dealkylation sites (tertiary alicyclic amines) is 2. The summed E-state index contributed by atoms with van der Waals surface area (Å²) in [6.07, 6.45) is 12.5. The van der Waals surface area contributed by atoms with Gasteiger partial charge in [-0.25, -0.2) is 4.98 Å². The van der Waals surface area contributed by atoms with Gasteiger partial charge in [-0.1, -0.05) is 19.3 Å². The molecule has 1 aromatic rings. The first-order valence-corrected chi connectivity index (χ1v) is 10.2. The van der Waals surface area contributed by atoms with Crippen molar-refractivity contribution in [3.8, 4) is 0 Å². The van der Waals surface area contributed by atoms with Crippen LogP contribution in [0.2, 0.25) is 0 Å². The van der Waals surface area contributed by atoms with E-state index in [-0.39, 0.29) is 11.3 Å². The van der Waals surface area contributed by atoms with E-state index >= 15 is 0 Å². The topological polar surface area (TPSA) is 58.4 Å². The Hall–Kier alpha value is -1.85. The average Bonchev–Trinajstić information content (AvgIpc) is 3.26. The molecule has 0 radical (unpaired) electrons. The maximum Gasteiger partial charge on any atom is 0.242 e. The summed E-state index contributed by atoms with van der Waals surface area (Å²) in [4.78, 5) is 34.4. The number of rotatable bonds is 3. The van der Waals surface area contributed by atoms with E-state index in [2.05, 4.69) is 9.88 Å². The van der Waals surface area contributed by atoms with Gasteiger partial charge in [0.2, 0.25) is 11.8 Å². The lowest BCUT2D eigenvalue weighted by atomic mass is 9.77. The van der Waals surface area contributed by atoms with Gasteiger partial charge in [-0.05, 0) is 39.0 Å². The van der Waals surface area contributed by atoms with Gasteiger partial charge in [0.05, 0.1) is 5.41 Å². The maximum atomic E-state index is 13.4. The Morgan fingerprint density at radius 2 is 2.00 bits per heavy atom. The molecule has 1 spiro atoms. The van der Waals surface area contributed by atoms with E-state index < -0.39 is 0 Å². The first-order chi connectivity index (χ1) is 12.6. The van der Waals surface area contributed by atoms with Crippen molar-refractivity contribution in [2.45, 2.75) is 70.9 Å². The van der Waals surface area contributed by atoms with Crippen molar-refractivity contribution in [2.24, 2.45) is 5.41 Å². The Morgan fingerprint density at radius 1 is 1.19 bits per heavy atom. The SMILES string of the molecule is Cc1nccn1CC(=O)N1CC[C@]2(CCCN(C3CCCCC3)C2=O)C1. The number of aromatic nitrogens is 2. The highest BCUT2D eigenvalue weighted by molar-refractivity contribution is 5.86. The number of aryl methyl sites for hydroxylation is 1. The van der Waals surface area contributed by atoms with Crippen LogP contribution in [0.5, 0.6) is 0 Å². The predicted octanol–water partition coefficient (Wildman–Crippen LogP) is 2.37. The quantitative estimate of drug-likeness (QED) is 0.833. The highest BCUT2D eigenvalue weighted by atomic mass is 16.2. The van der Waals surface area contributed by atoms with Gasteiger partial charge < -0.3 is 14.4 Å².